The predicted molar refractivity (Wildman–Crippen MR) is 91.6 cm³/mol. The van der Waals surface area contributed by atoms with E-state index in [4.69, 9.17) is 0 Å². The van der Waals surface area contributed by atoms with Gasteiger partial charge in [0.2, 0.25) is 0 Å². The van der Waals surface area contributed by atoms with Crippen molar-refractivity contribution in [2.24, 2.45) is 5.92 Å². The van der Waals surface area contributed by atoms with Gasteiger partial charge in [-0.2, -0.15) is 0 Å². The Morgan fingerprint density at radius 3 is 2.18 bits per heavy atom. The second kappa shape index (κ2) is 5.55. The fraction of sp³-hybridized carbons (Fsp3) is 0.429. The minimum atomic E-state index is 0.250. The molecule has 1 saturated carbocycles. The van der Waals surface area contributed by atoms with Crippen molar-refractivity contribution >= 4 is 0 Å². The summed E-state index contributed by atoms with van der Waals surface area (Å²) in [4.78, 5) is 2.75. The van der Waals surface area contributed by atoms with Crippen LogP contribution in [0.3, 0.4) is 0 Å². The first kappa shape index (κ1) is 14.0. The number of rotatable bonds is 6. The summed E-state index contributed by atoms with van der Waals surface area (Å²) in [7, 11) is 0. The monoisotopic (exact) mass is 291 g/mol. The van der Waals surface area contributed by atoms with Gasteiger partial charge >= 0.3 is 0 Å². The highest BCUT2D eigenvalue weighted by Crippen LogP contribution is 2.65. The average Bonchev–Trinajstić information content (AvgIpc) is 3.49. The quantitative estimate of drug-likeness (QED) is 0.665. The summed E-state index contributed by atoms with van der Waals surface area (Å²) in [6.07, 6.45) is 5.41. The normalized spacial score (nSPS) is 30.2. The zero-order chi connectivity index (χ0) is 15.0. The van der Waals surface area contributed by atoms with Crippen LogP contribution >= 0.6 is 0 Å². The molecule has 0 amide bonds. The van der Waals surface area contributed by atoms with Crippen molar-refractivity contribution in [3.05, 3.63) is 71.8 Å². The molecule has 1 aliphatic heterocycles. The maximum atomic E-state index is 2.75. The predicted octanol–water partition coefficient (Wildman–Crippen LogP) is 5.15. The van der Waals surface area contributed by atoms with Gasteiger partial charge in [-0.05, 0) is 36.4 Å². The Kier molecular flexibility index (Phi) is 3.54. The van der Waals surface area contributed by atoms with Crippen LogP contribution in [0.4, 0.5) is 0 Å². The minimum Gasteiger partial charge on any atom is -0.283 e. The van der Waals surface area contributed by atoms with E-state index in [9.17, 15) is 0 Å². The highest BCUT2D eigenvalue weighted by Gasteiger charge is 2.64. The molecule has 0 bridgehead atoms. The molecule has 1 saturated heterocycles. The molecular formula is C21H25N. The molecule has 0 aromatic heterocycles. The van der Waals surface area contributed by atoms with Crippen molar-refractivity contribution in [1.29, 1.82) is 0 Å². The lowest BCUT2D eigenvalue weighted by Gasteiger charge is -2.18. The summed E-state index contributed by atoms with van der Waals surface area (Å²) >= 11 is 0. The van der Waals surface area contributed by atoms with Crippen LogP contribution in [0.25, 0.3) is 0 Å². The van der Waals surface area contributed by atoms with Gasteiger partial charge in [-0.25, -0.2) is 0 Å². The van der Waals surface area contributed by atoms with E-state index < -0.39 is 0 Å². The Morgan fingerprint density at radius 2 is 1.59 bits per heavy atom. The Bertz CT molecular complexity index is 617. The van der Waals surface area contributed by atoms with Crippen LogP contribution in [0, 0.1) is 5.92 Å². The fourth-order valence-electron chi connectivity index (χ4n) is 4.21. The van der Waals surface area contributed by atoms with Crippen LogP contribution in [0.15, 0.2) is 60.7 Å². The molecule has 0 radical (unpaired) electrons. The summed E-state index contributed by atoms with van der Waals surface area (Å²) in [6, 6.07) is 22.9. The molecule has 22 heavy (non-hydrogen) atoms. The third kappa shape index (κ3) is 2.28. The second-order valence-electron chi connectivity index (χ2n) is 6.94. The lowest BCUT2D eigenvalue weighted by molar-refractivity contribution is 0.374. The number of hydrogen-bond donors (Lipinski definition) is 0. The lowest BCUT2D eigenvalue weighted by atomic mass is 9.87. The molecule has 0 N–H and O–H groups in total. The van der Waals surface area contributed by atoms with E-state index in [0.717, 1.165) is 5.92 Å². The highest BCUT2D eigenvalue weighted by molar-refractivity contribution is 5.41. The first-order chi connectivity index (χ1) is 10.9. The molecule has 1 heterocycles. The molecule has 114 valence electrons. The molecule has 2 fully saturated rings. The van der Waals surface area contributed by atoms with Gasteiger partial charge in [-0.15, -0.1) is 0 Å². The van der Waals surface area contributed by atoms with Gasteiger partial charge < -0.3 is 0 Å². The second-order valence-corrected chi connectivity index (χ2v) is 6.94. The molecule has 1 heteroatoms. The molecule has 4 rings (SSSR count). The largest absolute Gasteiger partial charge is 0.283 e. The van der Waals surface area contributed by atoms with Crippen LogP contribution in [-0.2, 0) is 5.54 Å². The van der Waals surface area contributed by atoms with E-state index in [1.165, 1.54) is 43.4 Å². The molecule has 2 aromatic carbocycles. The topological polar surface area (TPSA) is 3.01 Å². The van der Waals surface area contributed by atoms with E-state index in [1.54, 1.807) is 0 Å². The third-order valence-corrected chi connectivity index (χ3v) is 5.36. The molecule has 2 aromatic rings. The van der Waals surface area contributed by atoms with E-state index >= 15 is 0 Å². The number of hydrogen-bond acceptors (Lipinski definition) is 1. The van der Waals surface area contributed by atoms with Crippen LogP contribution in [0.5, 0.6) is 0 Å². The van der Waals surface area contributed by atoms with Crippen molar-refractivity contribution in [1.82, 2.24) is 4.90 Å². The van der Waals surface area contributed by atoms with Gasteiger partial charge in [0.25, 0.3) is 0 Å². The third-order valence-electron chi connectivity index (χ3n) is 5.36. The Morgan fingerprint density at radius 1 is 0.955 bits per heavy atom. The fourth-order valence-corrected chi connectivity index (χ4v) is 4.21. The van der Waals surface area contributed by atoms with Gasteiger partial charge in [-0.3, -0.25) is 4.90 Å². The molecule has 1 nitrogen and oxygen atoms in total. The van der Waals surface area contributed by atoms with E-state index in [-0.39, 0.29) is 5.54 Å². The van der Waals surface area contributed by atoms with E-state index in [1.807, 2.05) is 0 Å². The zero-order valence-electron chi connectivity index (χ0n) is 13.4. The van der Waals surface area contributed by atoms with E-state index in [0.29, 0.717) is 6.04 Å². The van der Waals surface area contributed by atoms with Gasteiger partial charge in [0, 0.05) is 0 Å². The maximum absolute atomic E-state index is 2.75. The smallest absolute Gasteiger partial charge is 0.0668 e. The van der Waals surface area contributed by atoms with Crippen LogP contribution < -0.4 is 0 Å². The van der Waals surface area contributed by atoms with Gasteiger partial charge in [-0.1, -0.05) is 80.4 Å². The lowest BCUT2D eigenvalue weighted by Crippen LogP contribution is -2.18. The Labute approximate surface area is 134 Å². The molecular weight excluding hydrogens is 266 g/mol. The average molecular weight is 291 g/mol. The SMILES string of the molecule is CCCN1[C@@H](c2ccccc2)[C@@]1(CC1CC1)c1ccccc1. The van der Waals surface area contributed by atoms with Crippen LogP contribution in [-0.4, -0.2) is 11.4 Å². The minimum absolute atomic E-state index is 0.250. The van der Waals surface area contributed by atoms with Crippen molar-refractivity contribution in [2.75, 3.05) is 6.54 Å². The van der Waals surface area contributed by atoms with Crippen molar-refractivity contribution in [3.8, 4) is 0 Å². The summed E-state index contributed by atoms with van der Waals surface area (Å²) in [5.74, 6) is 0.938. The Hall–Kier alpha value is -1.60. The standard InChI is InChI=1S/C21H25N/c1-2-15-22-20(18-9-5-3-6-10-18)21(22,16-17-13-14-17)19-11-7-4-8-12-19/h3-12,17,20H,2,13-16H2,1H3/t20-,21+,22?/m0/s1. The highest BCUT2D eigenvalue weighted by atomic mass is 15.4. The summed E-state index contributed by atoms with van der Waals surface area (Å²) in [5.41, 5.74) is 3.25. The van der Waals surface area contributed by atoms with Gasteiger partial charge in [0.1, 0.15) is 0 Å². The summed E-state index contributed by atoms with van der Waals surface area (Å²) in [5, 5.41) is 0. The number of benzene rings is 2. The van der Waals surface area contributed by atoms with Crippen LogP contribution in [0.1, 0.15) is 49.8 Å². The Balaban J connectivity index is 1.75. The van der Waals surface area contributed by atoms with Crippen molar-refractivity contribution in [2.45, 2.75) is 44.2 Å². The summed E-state index contributed by atoms with van der Waals surface area (Å²) in [6.45, 7) is 3.49. The van der Waals surface area contributed by atoms with Crippen molar-refractivity contribution in [3.63, 3.8) is 0 Å². The van der Waals surface area contributed by atoms with Gasteiger partial charge in [0.15, 0.2) is 0 Å². The maximum Gasteiger partial charge on any atom is 0.0668 e. The first-order valence-electron chi connectivity index (χ1n) is 8.73. The molecule has 2 aliphatic rings. The molecule has 3 atom stereocenters. The molecule has 1 unspecified atom stereocenters. The first-order valence-corrected chi connectivity index (χ1v) is 8.73. The zero-order valence-corrected chi connectivity index (χ0v) is 13.4. The van der Waals surface area contributed by atoms with E-state index in [2.05, 4.69) is 72.5 Å². The van der Waals surface area contributed by atoms with Crippen LogP contribution in [0.2, 0.25) is 0 Å². The summed E-state index contributed by atoms with van der Waals surface area (Å²) < 4.78 is 0. The van der Waals surface area contributed by atoms with Crippen molar-refractivity contribution < 1.29 is 0 Å². The molecule has 0 spiro atoms. The molecule has 1 aliphatic carbocycles. The van der Waals surface area contributed by atoms with Gasteiger partial charge in [0.05, 0.1) is 11.6 Å². The number of nitrogens with zero attached hydrogens (tertiary/aromatic N) is 1.